The lowest BCUT2D eigenvalue weighted by atomic mass is 10.1. The van der Waals surface area contributed by atoms with Gasteiger partial charge in [-0.3, -0.25) is 9.69 Å². The number of amides is 1. The molecule has 1 amide bonds. The van der Waals surface area contributed by atoms with Crippen LogP contribution >= 0.6 is 0 Å². The van der Waals surface area contributed by atoms with E-state index in [0.717, 1.165) is 30.0 Å². The van der Waals surface area contributed by atoms with Gasteiger partial charge in [0.1, 0.15) is 12.4 Å². The van der Waals surface area contributed by atoms with Gasteiger partial charge in [-0.25, -0.2) is 5.43 Å². The Labute approximate surface area is 154 Å². The molecule has 1 aliphatic heterocycles. The molecule has 136 valence electrons. The zero-order valence-corrected chi connectivity index (χ0v) is 14.9. The lowest BCUT2D eigenvalue weighted by molar-refractivity contribution is -0.122. The van der Waals surface area contributed by atoms with Crippen molar-refractivity contribution in [2.45, 2.75) is 25.9 Å². The van der Waals surface area contributed by atoms with Crippen molar-refractivity contribution >= 4 is 12.1 Å². The van der Waals surface area contributed by atoms with E-state index < -0.39 is 0 Å². The molecule has 26 heavy (non-hydrogen) atoms. The van der Waals surface area contributed by atoms with Crippen LogP contribution in [-0.4, -0.2) is 36.7 Å². The Morgan fingerprint density at radius 3 is 2.50 bits per heavy atom. The second-order valence-corrected chi connectivity index (χ2v) is 6.47. The second kappa shape index (κ2) is 9.73. The van der Waals surface area contributed by atoms with E-state index in [1.807, 2.05) is 54.6 Å². The average molecular weight is 351 g/mol. The molecule has 5 nitrogen and oxygen atoms in total. The maximum absolute atomic E-state index is 11.9. The fraction of sp³-hybridized carbons (Fsp3) is 0.333. The number of likely N-dealkylation sites (tertiary alicyclic amines) is 1. The van der Waals surface area contributed by atoms with Crippen LogP contribution in [0.5, 0.6) is 5.75 Å². The van der Waals surface area contributed by atoms with Gasteiger partial charge in [0, 0.05) is 0 Å². The summed E-state index contributed by atoms with van der Waals surface area (Å²) in [4.78, 5) is 14.1. The number of carbonyl (C=O) groups is 1. The van der Waals surface area contributed by atoms with Crippen molar-refractivity contribution in [2.24, 2.45) is 5.10 Å². The highest BCUT2D eigenvalue weighted by Gasteiger charge is 2.12. The number of rotatable bonds is 7. The predicted octanol–water partition coefficient (Wildman–Crippen LogP) is 3.20. The van der Waals surface area contributed by atoms with Crippen molar-refractivity contribution in [3.63, 3.8) is 0 Å². The van der Waals surface area contributed by atoms with Crippen LogP contribution < -0.4 is 10.2 Å². The molecule has 3 rings (SSSR count). The first-order valence-electron chi connectivity index (χ1n) is 9.11. The first kappa shape index (κ1) is 18.1. The average Bonchev–Trinajstić information content (AvgIpc) is 2.69. The van der Waals surface area contributed by atoms with Crippen LogP contribution in [0.1, 0.15) is 30.4 Å². The molecule has 5 heteroatoms. The van der Waals surface area contributed by atoms with Crippen LogP contribution in [0.15, 0.2) is 59.7 Å². The van der Waals surface area contributed by atoms with E-state index in [1.54, 1.807) is 6.21 Å². The van der Waals surface area contributed by atoms with E-state index in [4.69, 9.17) is 4.74 Å². The van der Waals surface area contributed by atoms with Crippen LogP contribution in [-0.2, 0) is 11.4 Å². The predicted molar refractivity (Wildman–Crippen MR) is 103 cm³/mol. The van der Waals surface area contributed by atoms with Crippen LogP contribution in [0.3, 0.4) is 0 Å². The number of benzene rings is 2. The summed E-state index contributed by atoms with van der Waals surface area (Å²) in [6, 6.07) is 17.7. The van der Waals surface area contributed by atoms with E-state index in [2.05, 4.69) is 15.4 Å². The Morgan fingerprint density at radius 2 is 1.77 bits per heavy atom. The molecule has 0 aromatic heterocycles. The molecule has 0 radical (unpaired) electrons. The molecule has 1 aliphatic rings. The summed E-state index contributed by atoms with van der Waals surface area (Å²) in [5.41, 5.74) is 4.64. The van der Waals surface area contributed by atoms with Gasteiger partial charge in [0.05, 0.1) is 12.8 Å². The quantitative estimate of drug-likeness (QED) is 0.616. The minimum absolute atomic E-state index is 0.0639. The summed E-state index contributed by atoms with van der Waals surface area (Å²) in [5, 5.41) is 4.04. The maximum atomic E-state index is 11.9. The largest absolute Gasteiger partial charge is 0.489 e. The van der Waals surface area contributed by atoms with Gasteiger partial charge >= 0.3 is 0 Å². The molecule has 1 heterocycles. The summed E-state index contributed by atoms with van der Waals surface area (Å²) in [7, 11) is 0. The van der Waals surface area contributed by atoms with Crippen LogP contribution in [0.4, 0.5) is 0 Å². The number of piperidine rings is 1. The van der Waals surface area contributed by atoms with Crippen molar-refractivity contribution in [3.05, 3.63) is 65.7 Å². The summed E-state index contributed by atoms with van der Waals surface area (Å²) < 4.78 is 5.75. The molecule has 2 aromatic rings. The number of hydrogen-bond donors (Lipinski definition) is 1. The van der Waals surface area contributed by atoms with E-state index in [-0.39, 0.29) is 5.91 Å². The number of hydrazone groups is 1. The highest BCUT2D eigenvalue weighted by atomic mass is 16.5. The third-order valence-corrected chi connectivity index (χ3v) is 4.35. The molecule has 0 spiro atoms. The van der Waals surface area contributed by atoms with Crippen molar-refractivity contribution in [2.75, 3.05) is 19.6 Å². The monoisotopic (exact) mass is 351 g/mol. The number of hydrogen-bond acceptors (Lipinski definition) is 4. The zero-order valence-electron chi connectivity index (χ0n) is 14.9. The fourth-order valence-corrected chi connectivity index (χ4v) is 2.93. The number of carbonyl (C=O) groups excluding carboxylic acids is 1. The molecule has 0 saturated carbocycles. The van der Waals surface area contributed by atoms with Gasteiger partial charge in [0.2, 0.25) is 0 Å². The van der Waals surface area contributed by atoms with Gasteiger partial charge in [0.15, 0.2) is 0 Å². The first-order valence-corrected chi connectivity index (χ1v) is 9.11. The van der Waals surface area contributed by atoms with Gasteiger partial charge in [-0.05, 0) is 61.3 Å². The van der Waals surface area contributed by atoms with E-state index in [9.17, 15) is 4.79 Å². The van der Waals surface area contributed by atoms with E-state index >= 15 is 0 Å². The third-order valence-electron chi connectivity index (χ3n) is 4.35. The van der Waals surface area contributed by atoms with Crippen molar-refractivity contribution in [1.82, 2.24) is 10.3 Å². The smallest absolute Gasteiger partial charge is 0.254 e. The first-order chi connectivity index (χ1) is 12.8. The molecule has 0 atom stereocenters. The fourth-order valence-electron chi connectivity index (χ4n) is 2.93. The summed E-state index contributed by atoms with van der Waals surface area (Å²) in [5.74, 6) is 0.742. The third kappa shape index (κ3) is 6.01. The molecule has 1 N–H and O–H groups in total. The van der Waals surface area contributed by atoms with Gasteiger partial charge < -0.3 is 4.74 Å². The summed E-state index contributed by atoms with van der Waals surface area (Å²) in [6.45, 7) is 2.97. The molecule has 2 aromatic carbocycles. The Kier molecular flexibility index (Phi) is 6.79. The van der Waals surface area contributed by atoms with Crippen LogP contribution in [0.2, 0.25) is 0 Å². The standard InChI is InChI=1S/C21H25N3O2/c25-21(16-24-13-5-2-6-14-24)23-22-15-18-9-11-20(12-10-18)26-17-19-7-3-1-4-8-19/h1,3-4,7-12,15H,2,5-6,13-14,16-17H2,(H,23,25)/b22-15+. The summed E-state index contributed by atoms with van der Waals surface area (Å²) in [6.07, 6.45) is 5.26. The highest BCUT2D eigenvalue weighted by Crippen LogP contribution is 2.13. The topological polar surface area (TPSA) is 53.9 Å². The Hall–Kier alpha value is -2.66. The van der Waals surface area contributed by atoms with Crippen LogP contribution in [0, 0.1) is 0 Å². The van der Waals surface area contributed by atoms with Crippen LogP contribution in [0.25, 0.3) is 0 Å². The molecular weight excluding hydrogens is 326 g/mol. The SMILES string of the molecule is O=C(CN1CCCCC1)N/N=C/c1ccc(OCc2ccccc2)cc1. The lowest BCUT2D eigenvalue weighted by Crippen LogP contribution is -2.38. The number of nitrogens with zero attached hydrogens (tertiary/aromatic N) is 2. The van der Waals surface area contributed by atoms with Gasteiger partial charge in [-0.15, -0.1) is 0 Å². The molecule has 1 fully saturated rings. The van der Waals surface area contributed by atoms with E-state index in [0.29, 0.717) is 13.2 Å². The normalized spacial score (nSPS) is 15.1. The zero-order chi connectivity index (χ0) is 18.0. The lowest BCUT2D eigenvalue weighted by Gasteiger charge is -2.25. The number of nitrogens with one attached hydrogen (secondary N) is 1. The minimum atomic E-state index is -0.0639. The number of ether oxygens (including phenoxy) is 1. The molecule has 0 unspecified atom stereocenters. The highest BCUT2D eigenvalue weighted by molar-refractivity contribution is 5.83. The molecular formula is C21H25N3O2. The summed E-state index contributed by atoms with van der Waals surface area (Å²) >= 11 is 0. The van der Waals surface area contributed by atoms with Crippen molar-refractivity contribution in [3.8, 4) is 5.75 Å². The molecule has 0 bridgehead atoms. The second-order valence-electron chi connectivity index (χ2n) is 6.47. The molecule has 1 saturated heterocycles. The van der Waals surface area contributed by atoms with Crippen molar-refractivity contribution in [1.29, 1.82) is 0 Å². The maximum Gasteiger partial charge on any atom is 0.254 e. The van der Waals surface area contributed by atoms with Crippen molar-refractivity contribution < 1.29 is 9.53 Å². The Bertz CT molecular complexity index is 708. The van der Waals surface area contributed by atoms with E-state index in [1.165, 1.54) is 19.3 Å². The molecule has 0 aliphatic carbocycles. The Balaban J connectivity index is 1.41. The van der Waals surface area contributed by atoms with Gasteiger partial charge in [0.25, 0.3) is 5.91 Å². The van der Waals surface area contributed by atoms with Gasteiger partial charge in [-0.2, -0.15) is 5.10 Å². The van der Waals surface area contributed by atoms with Gasteiger partial charge in [-0.1, -0.05) is 36.8 Å². The Morgan fingerprint density at radius 1 is 1.04 bits per heavy atom. The minimum Gasteiger partial charge on any atom is -0.489 e.